The second kappa shape index (κ2) is 8.24. The molecule has 0 radical (unpaired) electrons. The van der Waals surface area contributed by atoms with Crippen LogP contribution in [0.3, 0.4) is 0 Å². The van der Waals surface area contributed by atoms with Gasteiger partial charge in [-0.05, 0) is 57.2 Å². The molecule has 0 spiro atoms. The Morgan fingerprint density at radius 1 is 1.07 bits per heavy atom. The van der Waals surface area contributed by atoms with Gasteiger partial charge in [-0.1, -0.05) is 15.9 Å². The van der Waals surface area contributed by atoms with E-state index in [4.69, 9.17) is 4.42 Å². The fourth-order valence-electron chi connectivity index (χ4n) is 2.03. The van der Waals surface area contributed by atoms with Crippen molar-refractivity contribution in [3.05, 3.63) is 46.6 Å². The summed E-state index contributed by atoms with van der Waals surface area (Å²) in [6.07, 6.45) is 0. The Morgan fingerprint density at radius 3 is 2.30 bits per heavy atom. The molecule has 10 heteroatoms. The van der Waals surface area contributed by atoms with E-state index in [9.17, 15) is 18.0 Å². The first-order valence-electron chi connectivity index (χ1n) is 7.94. The molecule has 8 nitrogen and oxygen atoms in total. The van der Waals surface area contributed by atoms with E-state index in [0.717, 1.165) is 4.47 Å². The number of amides is 2. The van der Waals surface area contributed by atoms with E-state index in [2.05, 4.69) is 31.3 Å². The van der Waals surface area contributed by atoms with Crippen molar-refractivity contribution in [1.82, 2.24) is 10.0 Å². The lowest BCUT2D eigenvalue weighted by Gasteiger charge is -2.18. The van der Waals surface area contributed by atoms with Crippen LogP contribution in [0.15, 0.2) is 50.4 Å². The summed E-state index contributed by atoms with van der Waals surface area (Å²) in [4.78, 5) is 23.9. The molecule has 0 atom stereocenters. The molecule has 2 aromatic rings. The zero-order valence-electron chi connectivity index (χ0n) is 15.0. The first-order chi connectivity index (χ1) is 12.5. The zero-order valence-corrected chi connectivity index (χ0v) is 17.4. The minimum absolute atomic E-state index is 0.208. The number of sulfonamides is 1. The molecule has 0 aliphatic carbocycles. The molecular weight excluding hydrogens is 438 g/mol. The van der Waals surface area contributed by atoms with Crippen LogP contribution in [0.2, 0.25) is 0 Å². The SMILES string of the molecule is CC(C)(C)NS(=O)(=O)c1ccc(C(=O)NCC(=O)Nc2ccc(Br)cc2)o1. The highest BCUT2D eigenvalue weighted by molar-refractivity contribution is 9.10. The van der Waals surface area contributed by atoms with Crippen LogP contribution in [0.25, 0.3) is 0 Å². The number of carbonyl (C=O) groups is 2. The van der Waals surface area contributed by atoms with Crippen LogP contribution in [-0.4, -0.2) is 32.3 Å². The minimum atomic E-state index is -3.89. The topological polar surface area (TPSA) is 118 Å². The highest BCUT2D eigenvalue weighted by Crippen LogP contribution is 2.16. The molecule has 146 valence electrons. The van der Waals surface area contributed by atoms with Crippen molar-refractivity contribution in [2.75, 3.05) is 11.9 Å². The maximum absolute atomic E-state index is 12.2. The number of hydrogen-bond acceptors (Lipinski definition) is 5. The van der Waals surface area contributed by atoms with Gasteiger partial charge in [0.1, 0.15) is 0 Å². The molecule has 0 unspecified atom stereocenters. The Bertz CT molecular complexity index is 930. The van der Waals surface area contributed by atoms with Gasteiger partial charge in [-0.2, -0.15) is 0 Å². The molecule has 1 aromatic carbocycles. The third kappa shape index (κ3) is 6.49. The van der Waals surface area contributed by atoms with E-state index < -0.39 is 27.4 Å². The number of anilines is 1. The standard InChI is InChI=1S/C17H20BrN3O5S/c1-17(2,3)21-27(24,25)15-9-8-13(26-15)16(23)19-10-14(22)20-12-6-4-11(18)5-7-12/h4-9,21H,10H2,1-3H3,(H,19,23)(H,20,22). The molecule has 2 amide bonds. The molecule has 1 aromatic heterocycles. The molecule has 0 saturated carbocycles. The van der Waals surface area contributed by atoms with Crippen LogP contribution in [0, 0.1) is 0 Å². The Kier molecular flexibility index (Phi) is 6.45. The predicted octanol–water partition coefficient (Wildman–Crippen LogP) is 2.49. The predicted molar refractivity (Wildman–Crippen MR) is 104 cm³/mol. The number of halogens is 1. The second-order valence-electron chi connectivity index (χ2n) is 6.71. The maximum atomic E-state index is 12.2. The van der Waals surface area contributed by atoms with Gasteiger partial charge in [-0.15, -0.1) is 0 Å². The molecule has 27 heavy (non-hydrogen) atoms. The van der Waals surface area contributed by atoms with Crippen LogP contribution >= 0.6 is 15.9 Å². The fraction of sp³-hybridized carbons (Fsp3) is 0.294. The van der Waals surface area contributed by atoms with Crippen molar-refractivity contribution in [2.45, 2.75) is 31.4 Å². The minimum Gasteiger partial charge on any atom is -0.438 e. The number of nitrogens with one attached hydrogen (secondary N) is 3. The number of rotatable bonds is 6. The van der Waals surface area contributed by atoms with Crippen LogP contribution in [0.1, 0.15) is 31.3 Å². The largest absolute Gasteiger partial charge is 0.438 e. The summed E-state index contributed by atoms with van der Waals surface area (Å²) in [6, 6.07) is 9.37. The summed E-state index contributed by atoms with van der Waals surface area (Å²) in [5, 5.41) is 4.62. The number of hydrogen-bond donors (Lipinski definition) is 3. The lowest BCUT2D eigenvalue weighted by Crippen LogP contribution is -2.40. The maximum Gasteiger partial charge on any atom is 0.287 e. The lowest BCUT2D eigenvalue weighted by molar-refractivity contribution is -0.115. The molecule has 0 saturated heterocycles. The van der Waals surface area contributed by atoms with Gasteiger partial charge in [0.2, 0.25) is 11.0 Å². The van der Waals surface area contributed by atoms with Crippen LogP contribution in [-0.2, 0) is 14.8 Å². The van der Waals surface area contributed by atoms with Gasteiger partial charge in [-0.3, -0.25) is 9.59 Å². The number of benzene rings is 1. The van der Waals surface area contributed by atoms with Crippen molar-refractivity contribution in [3.63, 3.8) is 0 Å². The lowest BCUT2D eigenvalue weighted by atomic mass is 10.1. The summed E-state index contributed by atoms with van der Waals surface area (Å²) in [5.74, 6) is -1.33. The van der Waals surface area contributed by atoms with Gasteiger partial charge in [0, 0.05) is 15.7 Å². The normalized spacial score (nSPS) is 11.9. The highest BCUT2D eigenvalue weighted by Gasteiger charge is 2.26. The van der Waals surface area contributed by atoms with E-state index in [1.54, 1.807) is 45.0 Å². The number of carbonyl (C=O) groups excluding carboxylic acids is 2. The second-order valence-corrected chi connectivity index (χ2v) is 9.24. The number of furan rings is 1. The molecule has 0 aliphatic rings. The molecule has 1 heterocycles. The van der Waals surface area contributed by atoms with Crippen molar-refractivity contribution < 1.29 is 22.4 Å². The smallest absolute Gasteiger partial charge is 0.287 e. The first-order valence-corrected chi connectivity index (χ1v) is 10.2. The molecular formula is C17H20BrN3O5S. The monoisotopic (exact) mass is 457 g/mol. The Hall–Kier alpha value is -2.17. The summed E-state index contributed by atoms with van der Waals surface area (Å²) in [5.41, 5.74) is -0.115. The van der Waals surface area contributed by atoms with Crippen LogP contribution in [0.5, 0.6) is 0 Å². The summed E-state index contributed by atoms with van der Waals surface area (Å²) in [7, 11) is -3.89. The van der Waals surface area contributed by atoms with Gasteiger partial charge in [0.25, 0.3) is 15.9 Å². The summed E-state index contributed by atoms with van der Waals surface area (Å²) >= 11 is 3.29. The quantitative estimate of drug-likeness (QED) is 0.615. The zero-order chi connectivity index (χ0) is 20.2. The van der Waals surface area contributed by atoms with Gasteiger partial charge >= 0.3 is 0 Å². The third-order valence-corrected chi connectivity index (χ3v) is 5.21. The average Bonchev–Trinajstić information content (AvgIpc) is 3.04. The highest BCUT2D eigenvalue weighted by atomic mass is 79.9. The van der Waals surface area contributed by atoms with E-state index >= 15 is 0 Å². The van der Waals surface area contributed by atoms with Crippen molar-refractivity contribution in [3.8, 4) is 0 Å². The van der Waals surface area contributed by atoms with Crippen LogP contribution in [0.4, 0.5) is 5.69 Å². The van der Waals surface area contributed by atoms with Crippen molar-refractivity contribution in [2.24, 2.45) is 0 Å². The van der Waals surface area contributed by atoms with E-state index in [1.165, 1.54) is 12.1 Å². The fourth-order valence-corrected chi connectivity index (χ4v) is 3.64. The summed E-state index contributed by atoms with van der Waals surface area (Å²) in [6.45, 7) is 4.76. The summed E-state index contributed by atoms with van der Waals surface area (Å²) < 4.78 is 32.8. The van der Waals surface area contributed by atoms with Crippen molar-refractivity contribution >= 4 is 43.5 Å². The molecule has 2 rings (SSSR count). The average molecular weight is 458 g/mol. The Labute approximate surface area is 165 Å². The molecule has 0 bridgehead atoms. The van der Waals surface area contributed by atoms with Gasteiger partial charge in [-0.25, -0.2) is 13.1 Å². The molecule has 0 fully saturated rings. The molecule has 0 aliphatic heterocycles. The van der Waals surface area contributed by atoms with E-state index in [0.29, 0.717) is 5.69 Å². The van der Waals surface area contributed by atoms with Crippen molar-refractivity contribution in [1.29, 1.82) is 0 Å². The van der Waals surface area contributed by atoms with Gasteiger partial charge < -0.3 is 15.1 Å². The molecule has 3 N–H and O–H groups in total. The van der Waals surface area contributed by atoms with E-state index in [1.807, 2.05) is 0 Å². The Morgan fingerprint density at radius 2 is 1.70 bits per heavy atom. The van der Waals surface area contributed by atoms with E-state index in [-0.39, 0.29) is 17.4 Å². The van der Waals surface area contributed by atoms with Gasteiger partial charge in [0.05, 0.1) is 6.54 Å². The first kappa shape index (κ1) is 21.1. The Balaban J connectivity index is 1.94. The van der Waals surface area contributed by atoms with Gasteiger partial charge in [0.15, 0.2) is 5.76 Å². The van der Waals surface area contributed by atoms with Crippen LogP contribution < -0.4 is 15.4 Å². The third-order valence-electron chi connectivity index (χ3n) is 3.05.